The van der Waals surface area contributed by atoms with Gasteiger partial charge in [0.25, 0.3) is 0 Å². The van der Waals surface area contributed by atoms with Crippen molar-refractivity contribution in [2.45, 2.75) is 0 Å². The largest absolute Gasteiger partial charge is 0.352 e. The standard InChI is InChI=1S/C18H17FN6/c19-15-12-20-18(21-13-15)25-10-8-24(9-11-25)17-7-6-16(22-23-17)14-4-2-1-3-5-14/h1-7,12-13H,8-11H2. The van der Waals surface area contributed by atoms with Crippen LogP contribution in [0.1, 0.15) is 0 Å². The van der Waals surface area contributed by atoms with Crippen molar-refractivity contribution in [3.63, 3.8) is 0 Å². The third-order valence-corrected chi connectivity index (χ3v) is 4.21. The van der Waals surface area contributed by atoms with Crippen LogP contribution in [0.15, 0.2) is 54.9 Å². The molecule has 2 aromatic heterocycles. The number of benzene rings is 1. The van der Waals surface area contributed by atoms with Crippen LogP contribution in [0.2, 0.25) is 0 Å². The smallest absolute Gasteiger partial charge is 0.225 e. The molecule has 0 atom stereocenters. The molecule has 3 aromatic rings. The number of hydrogen-bond donors (Lipinski definition) is 0. The molecule has 1 aromatic carbocycles. The van der Waals surface area contributed by atoms with Crippen LogP contribution in [-0.2, 0) is 0 Å². The Morgan fingerprint density at radius 3 is 2.08 bits per heavy atom. The van der Waals surface area contributed by atoms with Crippen molar-refractivity contribution in [3.8, 4) is 11.3 Å². The molecule has 0 saturated carbocycles. The number of aromatic nitrogens is 4. The maximum absolute atomic E-state index is 12.9. The van der Waals surface area contributed by atoms with E-state index in [0.29, 0.717) is 5.95 Å². The van der Waals surface area contributed by atoms with E-state index < -0.39 is 5.82 Å². The van der Waals surface area contributed by atoms with Gasteiger partial charge in [0, 0.05) is 31.7 Å². The molecule has 1 aliphatic heterocycles. The first kappa shape index (κ1) is 15.4. The molecule has 0 N–H and O–H groups in total. The van der Waals surface area contributed by atoms with Crippen LogP contribution >= 0.6 is 0 Å². The van der Waals surface area contributed by atoms with Gasteiger partial charge in [0.15, 0.2) is 11.6 Å². The summed E-state index contributed by atoms with van der Waals surface area (Å²) in [5, 5.41) is 8.70. The van der Waals surface area contributed by atoms with E-state index in [1.54, 1.807) is 0 Å². The molecule has 25 heavy (non-hydrogen) atoms. The van der Waals surface area contributed by atoms with Gasteiger partial charge in [-0.05, 0) is 12.1 Å². The van der Waals surface area contributed by atoms with Crippen molar-refractivity contribution in [1.82, 2.24) is 20.2 Å². The normalized spacial score (nSPS) is 14.6. The first-order valence-electron chi connectivity index (χ1n) is 8.16. The quantitative estimate of drug-likeness (QED) is 0.732. The second kappa shape index (κ2) is 6.80. The van der Waals surface area contributed by atoms with Crippen LogP contribution in [0, 0.1) is 5.82 Å². The van der Waals surface area contributed by atoms with E-state index in [1.807, 2.05) is 47.4 Å². The SMILES string of the molecule is Fc1cnc(N2CCN(c3ccc(-c4ccccc4)nn3)CC2)nc1. The van der Waals surface area contributed by atoms with Crippen LogP contribution in [0.4, 0.5) is 16.2 Å². The lowest BCUT2D eigenvalue weighted by molar-refractivity contribution is 0.601. The second-order valence-corrected chi connectivity index (χ2v) is 5.82. The lowest BCUT2D eigenvalue weighted by Gasteiger charge is -2.35. The van der Waals surface area contributed by atoms with E-state index in [1.165, 1.54) is 12.4 Å². The van der Waals surface area contributed by atoms with E-state index in [9.17, 15) is 4.39 Å². The van der Waals surface area contributed by atoms with Gasteiger partial charge in [-0.15, -0.1) is 10.2 Å². The molecule has 126 valence electrons. The van der Waals surface area contributed by atoms with Gasteiger partial charge in [0.2, 0.25) is 5.95 Å². The van der Waals surface area contributed by atoms with E-state index >= 15 is 0 Å². The summed E-state index contributed by atoms with van der Waals surface area (Å²) >= 11 is 0. The fourth-order valence-corrected chi connectivity index (χ4v) is 2.86. The molecular weight excluding hydrogens is 319 g/mol. The summed E-state index contributed by atoms with van der Waals surface area (Å²) in [5.41, 5.74) is 1.92. The molecule has 7 heteroatoms. The van der Waals surface area contributed by atoms with Crippen molar-refractivity contribution in [1.29, 1.82) is 0 Å². The highest BCUT2D eigenvalue weighted by Gasteiger charge is 2.20. The molecule has 0 unspecified atom stereocenters. The Balaban J connectivity index is 1.41. The molecule has 1 saturated heterocycles. The summed E-state index contributed by atoms with van der Waals surface area (Å²) in [6, 6.07) is 14.0. The average Bonchev–Trinajstić information content (AvgIpc) is 2.70. The van der Waals surface area contributed by atoms with Gasteiger partial charge in [-0.1, -0.05) is 30.3 Å². The van der Waals surface area contributed by atoms with Gasteiger partial charge in [0.05, 0.1) is 18.1 Å². The molecule has 3 heterocycles. The zero-order valence-corrected chi connectivity index (χ0v) is 13.6. The maximum Gasteiger partial charge on any atom is 0.225 e. The zero-order chi connectivity index (χ0) is 17.1. The van der Waals surface area contributed by atoms with Crippen molar-refractivity contribution >= 4 is 11.8 Å². The first-order chi connectivity index (χ1) is 12.3. The fraction of sp³-hybridized carbons (Fsp3) is 0.222. The number of anilines is 2. The number of piperazine rings is 1. The number of hydrogen-bond acceptors (Lipinski definition) is 6. The summed E-state index contributed by atoms with van der Waals surface area (Å²) in [5.74, 6) is 1.00. The van der Waals surface area contributed by atoms with E-state index in [-0.39, 0.29) is 0 Å². The lowest BCUT2D eigenvalue weighted by atomic mass is 10.1. The van der Waals surface area contributed by atoms with Gasteiger partial charge in [-0.3, -0.25) is 0 Å². The predicted molar refractivity (Wildman–Crippen MR) is 93.9 cm³/mol. The molecule has 0 spiro atoms. The van der Waals surface area contributed by atoms with Crippen molar-refractivity contribution in [2.24, 2.45) is 0 Å². The molecular formula is C18H17FN6. The van der Waals surface area contributed by atoms with Crippen LogP contribution in [-0.4, -0.2) is 46.3 Å². The Kier molecular flexibility index (Phi) is 4.20. The highest BCUT2D eigenvalue weighted by molar-refractivity contribution is 5.59. The minimum absolute atomic E-state index is 0.420. The molecule has 4 rings (SSSR count). The van der Waals surface area contributed by atoms with Gasteiger partial charge in [0.1, 0.15) is 0 Å². The molecule has 0 radical (unpaired) electrons. The van der Waals surface area contributed by atoms with Crippen LogP contribution in [0.25, 0.3) is 11.3 Å². The summed E-state index contributed by atoms with van der Waals surface area (Å²) in [6.07, 6.45) is 2.39. The highest BCUT2D eigenvalue weighted by atomic mass is 19.1. The maximum atomic E-state index is 12.9. The minimum Gasteiger partial charge on any atom is -0.352 e. The van der Waals surface area contributed by atoms with Gasteiger partial charge in [-0.2, -0.15) is 0 Å². The van der Waals surface area contributed by atoms with Crippen molar-refractivity contribution in [2.75, 3.05) is 36.0 Å². The average molecular weight is 336 g/mol. The highest BCUT2D eigenvalue weighted by Crippen LogP contribution is 2.19. The Hall–Kier alpha value is -3.09. The van der Waals surface area contributed by atoms with Crippen LogP contribution in [0.5, 0.6) is 0 Å². The Bertz CT molecular complexity index is 814. The molecule has 0 amide bonds. The van der Waals surface area contributed by atoms with Crippen LogP contribution < -0.4 is 9.80 Å². The Morgan fingerprint density at radius 2 is 1.44 bits per heavy atom. The second-order valence-electron chi connectivity index (χ2n) is 5.82. The van der Waals surface area contributed by atoms with E-state index in [2.05, 4.69) is 25.1 Å². The minimum atomic E-state index is -0.420. The number of rotatable bonds is 3. The number of nitrogens with zero attached hydrogens (tertiary/aromatic N) is 6. The zero-order valence-electron chi connectivity index (χ0n) is 13.6. The summed E-state index contributed by atoms with van der Waals surface area (Å²) < 4.78 is 12.9. The molecule has 6 nitrogen and oxygen atoms in total. The van der Waals surface area contributed by atoms with E-state index in [0.717, 1.165) is 43.3 Å². The Morgan fingerprint density at radius 1 is 0.760 bits per heavy atom. The Labute approximate surface area is 145 Å². The molecule has 0 aliphatic carbocycles. The van der Waals surface area contributed by atoms with Crippen LogP contribution in [0.3, 0.4) is 0 Å². The van der Waals surface area contributed by atoms with Gasteiger partial charge >= 0.3 is 0 Å². The van der Waals surface area contributed by atoms with Gasteiger partial charge in [-0.25, -0.2) is 14.4 Å². The third kappa shape index (κ3) is 3.40. The third-order valence-electron chi connectivity index (χ3n) is 4.21. The number of halogens is 1. The summed E-state index contributed by atoms with van der Waals surface area (Å²) in [7, 11) is 0. The lowest BCUT2D eigenvalue weighted by Crippen LogP contribution is -2.47. The van der Waals surface area contributed by atoms with Crippen molar-refractivity contribution < 1.29 is 4.39 Å². The van der Waals surface area contributed by atoms with E-state index in [4.69, 9.17) is 0 Å². The molecule has 0 bridgehead atoms. The monoisotopic (exact) mass is 336 g/mol. The van der Waals surface area contributed by atoms with Crippen molar-refractivity contribution in [3.05, 3.63) is 60.7 Å². The predicted octanol–water partition coefficient (Wildman–Crippen LogP) is 2.40. The summed E-state index contributed by atoms with van der Waals surface area (Å²) in [6.45, 7) is 3.10. The summed E-state index contributed by atoms with van der Waals surface area (Å²) in [4.78, 5) is 12.3. The first-order valence-corrected chi connectivity index (χ1v) is 8.16. The molecule has 1 fully saturated rings. The van der Waals surface area contributed by atoms with Gasteiger partial charge < -0.3 is 9.80 Å². The fourth-order valence-electron chi connectivity index (χ4n) is 2.86. The topological polar surface area (TPSA) is 58.0 Å². The molecule has 1 aliphatic rings.